The number of halogens is 2. The first-order valence-corrected chi connectivity index (χ1v) is 8.11. The number of hydrogen-bond donors (Lipinski definition) is 1. The van der Waals surface area contributed by atoms with Crippen LogP contribution in [0, 0.1) is 6.92 Å². The van der Waals surface area contributed by atoms with Gasteiger partial charge in [0.25, 0.3) is 0 Å². The Hall–Kier alpha value is -0.840. The van der Waals surface area contributed by atoms with Gasteiger partial charge in [0.1, 0.15) is 11.9 Å². The van der Waals surface area contributed by atoms with Crippen LogP contribution in [0.25, 0.3) is 0 Å². The smallest absolute Gasteiger partial charge is 0.126 e. The monoisotopic (exact) mass is 395 g/mol. The summed E-state index contributed by atoms with van der Waals surface area (Å²) in [4.78, 5) is 0. The van der Waals surface area contributed by atoms with Crippen LogP contribution in [0.15, 0.2) is 45.3 Å². The van der Waals surface area contributed by atoms with Gasteiger partial charge in [-0.1, -0.05) is 50.1 Å². The van der Waals surface area contributed by atoms with E-state index < -0.39 is 0 Å². The third-order valence-corrected chi connectivity index (χ3v) is 5.03. The summed E-state index contributed by atoms with van der Waals surface area (Å²) in [5, 5.41) is 0. The Balaban J connectivity index is 1.96. The molecule has 2 aromatic carbocycles. The van der Waals surface area contributed by atoms with Gasteiger partial charge in [-0.25, -0.2) is 0 Å². The average molecular weight is 397 g/mol. The molecule has 1 aliphatic rings. The zero-order valence-electron chi connectivity index (χ0n) is 11.1. The molecule has 0 spiro atoms. The van der Waals surface area contributed by atoms with Gasteiger partial charge in [-0.15, -0.1) is 0 Å². The lowest BCUT2D eigenvalue weighted by Gasteiger charge is -2.31. The summed E-state index contributed by atoms with van der Waals surface area (Å²) in [6.45, 7) is 2.08. The van der Waals surface area contributed by atoms with Gasteiger partial charge in [0.05, 0.1) is 0 Å². The Morgan fingerprint density at radius 3 is 2.70 bits per heavy atom. The number of fused-ring (bicyclic) bond motifs is 1. The van der Waals surface area contributed by atoms with Crippen molar-refractivity contribution in [2.75, 3.05) is 0 Å². The van der Waals surface area contributed by atoms with Crippen molar-refractivity contribution in [2.24, 2.45) is 5.73 Å². The molecule has 2 aromatic rings. The highest BCUT2D eigenvalue weighted by molar-refractivity contribution is 9.10. The summed E-state index contributed by atoms with van der Waals surface area (Å²) in [5.41, 5.74) is 9.74. The SMILES string of the molecule is Cc1ccc(C2C[C@@H](N)c3ccc(Br)cc3O2)cc1Br. The molecule has 1 unspecified atom stereocenters. The van der Waals surface area contributed by atoms with E-state index in [1.807, 2.05) is 18.2 Å². The van der Waals surface area contributed by atoms with Gasteiger partial charge in [0.15, 0.2) is 0 Å². The van der Waals surface area contributed by atoms with Crippen LogP contribution >= 0.6 is 31.9 Å². The molecule has 0 radical (unpaired) electrons. The number of ether oxygens (including phenoxy) is 1. The minimum Gasteiger partial charge on any atom is -0.485 e. The lowest BCUT2D eigenvalue weighted by molar-refractivity contribution is 0.161. The largest absolute Gasteiger partial charge is 0.485 e. The van der Waals surface area contributed by atoms with E-state index in [1.165, 1.54) is 5.56 Å². The zero-order chi connectivity index (χ0) is 14.3. The minimum atomic E-state index is 0.00343. The van der Waals surface area contributed by atoms with E-state index in [1.54, 1.807) is 0 Å². The molecule has 2 atom stereocenters. The summed E-state index contributed by atoms with van der Waals surface area (Å²) >= 11 is 7.06. The van der Waals surface area contributed by atoms with E-state index in [9.17, 15) is 0 Å². The highest BCUT2D eigenvalue weighted by Crippen LogP contribution is 2.41. The number of hydrogen-bond acceptors (Lipinski definition) is 2. The molecule has 1 heterocycles. The molecular formula is C16H15Br2NO. The summed E-state index contributed by atoms with van der Waals surface area (Å²) < 4.78 is 8.25. The van der Waals surface area contributed by atoms with Crippen LogP contribution in [0.2, 0.25) is 0 Å². The lowest BCUT2D eigenvalue weighted by Crippen LogP contribution is -2.24. The molecule has 2 nitrogen and oxygen atoms in total. The van der Waals surface area contributed by atoms with Crippen LogP contribution in [0.1, 0.15) is 35.3 Å². The standard InChI is InChI=1S/C16H15Br2NO/c1-9-2-3-10(6-13(9)18)15-8-14(19)12-5-4-11(17)7-16(12)20-15/h2-7,14-15H,8,19H2,1H3/t14-,15?/m1/s1. The maximum absolute atomic E-state index is 6.29. The fourth-order valence-electron chi connectivity index (χ4n) is 2.49. The summed E-state index contributed by atoms with van der Waals surface area (Å²) in [6.07, 6.45) is 0.799. The Morgan fingerprint density at radius 2 is 1.95 bits per heavy atom. The number of benzene rings is 2. The lowest BCUT2D eigenvalue weighted by atomic mass is 9.93. The normalized spacial score (nSPS) is 21.2. The molecule has 4 heteroatoms. The Morgan fingerprint density at radius 1 is 1.15 bits per heavy atom. The van der Waals surface area contributed by atoms with Crippen molar-refractivity contribution in [1.29, 1.82) is 0 Å². The van der Waals surface area contributed by atoms with Crippen molar-refractivity contribution in [3.8, 4) is 5.75 Å². The first kappa shape index (κ1) is 14.1. The number of rotatable bonds is 1. The van der Waals surface area contributed by atoms with Crippen molar-refractivity contribution in [3.63, 3.8) is 0 Å². The van der Waals surface area contributed by atoms with Gasteiger partial charge in [-0.3, -0.25) is 0 Å². The average Bonchev–Trinajstić information content (AvgIpc) is 2.41. The summed E-state index contributed by atoms with van der Waals surface area (Å²) in [6, 6.07) is 12.4. The van der Waals surface area contributed by atoms with Gasteiger partial charge in [-0.05, 0) is 36.2 Å². The third kappa shape index (κ3) is 2.65. The zero-order valence-corrected chi connectivity index (χ0v) is 14.2. The van der Waals surface area contributed by atoms with Crippen molar-refractivity contribution < 1.29 is 4.74 Å². The van der Waals surface area contributed by atoms with Crippen LogP contribution in [0.4, 0.5) is 0 Å². The molecule has 0 amide bonds. The van der Waals surface area contributed by atoms with E-state index >= 15 is 0 Å². The van der Waals surface area contributed by atoms with Gasteiger partial charge < -0.3 is 10.5 Å². The topological polar surface area (TPSA) is 35.2 Å². The fraction of sp³-hybridized carbons (Fsp3) is 0.250. The van der Waals surface area contributed by atoms with Crippen molar-refractivity contribution in [3.05, 3.63) is 62.0 Å². The van der Waals surface area contributed by atoms with Crippen molar-refractivity contribution in [1.82, 2.24) is 0 Å². The van der Waals surface area contributed by atoms with E-state index in [0.717, 1.165) is 32.2 Å². The molecule has 1 aliphatic heterocycles. The van der Waals surface area contributed by atoms with Crippen LogP contribution in [0.3, 0.4) is 0 Å². The van der Waals surface area contributed by atoms with E-state index in [-0.39, 0.29) is 12.1 Å². The Kier molecular flexibility index (Phi) is 3.89. The van der Waals surface area contributed by atoms with Crippen LogP contribution in [-0.2, 0) is 0 Å². The maximum Gasteiger partial charge on any atom is 0.126 e. The molecule has 2 N–H and O–H groups in total. The summed E-state index contributed by atoms with van der Waals surface area (Å²) in [7, 11) is 0. The first-order chi connectivity index (χ1) is 9.54. The van der Waals surface area contributed by atoms with E-state index in [0.29, 0.717) is 0 Å². The molecule has 0 saturated carbocycles. The Bertz CT molecular complexity index is 657. The minimum absolute atomic E-state index is 0.00343. The molecule has 0 bridgehead atoms. The third-order valence-electron chi connectivity index (χ3n) is 3.68. The highest BCUT2D eigenvalue weighted by Gasteiger charge is 2.27. The molecule has 0 aliphatic carbocycles. The first-order valence-electron chi connectivity index (χ1n) is 6.52. The number of nitrogens with two attached hydrogens (primary N) is 1. The van der Waals surface area contributed by atoms with Crippen molar-refractivity contribution in [2.45, 2.75) is 25.5 Å². The van der Waals surface area contributed by atoms with Crippen LogP contribution in [0.5, 0.6) is 5.75 Å². The molecule has 0 saturated heterocycles. The molecular weight excluding hydrogens is 382 g/mol. The molecule has 3 rings (SSSR count). The van der Waals surface area contributed by atoms with Gasteiger partial charge >= 0.3 is 0 Å². The maximum atomic E-state index is 6.29. The Labute approximate surface area is 135 Å². The van der Waals surface area contributed by atoms with Crippen LogP contribution in [-0.4, -0.2) is 0 Å². The number of aryl methyl sites for hydroxylation is 1. The molecule has 0 aromatic heterocycles. The van der Waals surface area contributed by atoms with E-state index in [2.05, 4.69) is 57.0 Å². The summed E-state index contributed by atoms with van der Waals surface area (Å²) in [5.74, 6) is 0.875. The van der Waals surface area contributed by atoms with Gasteiger partial charge in [0.2, 0.25) is 0 Å². The second-order valence-corrected chi connectivity index (χ2v) is 6.91. The molecule has 0 fully saturated rings. The van der Waals surface area contributed by atoms with Crippen molar-refractivity contribution >= 4 is 31.9 Å². The second-order valence-electron chi connectivity index (χ2n) is 5.14. The van der Waals surface area contributed by atoms with Crippen LogP contribution < -0.4 is 10.5 Å². The second kappa shape index (κ2) is 5.51. The fourth-order valence-corrected chi connectivity index (χ4v) is 3.23. The highest BCUT2D eigenvalue weighted by atomic mass is 79.9. The van der Waals surface area contributed by atoms with Gasteiger partial charge in [-0.2, -0.15) is 0 Å². The van der Waals surface area contributed by atoms with E-state index in [4.69, 9.17) is 10.5 Å². The molecule has 20 heavy (non-hydrogen) atoms. The van der Waals surface area contributed by atoms with Gasteiger partial charge in [0, 0.05) is 27.0 Å². The predicted octanol–water partition coefficient (Wildman–Crippen LogP) is 5.04. The predicted molar refractivity (Wildman–Crippen MR) is 87.9 cm³/mol. The quantitative estimate of drug-likeness (QED) is 0.732. The molecule has 104 valence electrons.